The Morgan fingerprint density at radius 2 is 1.31 bits per heavy atom. The van der Waals surface area contributed by atoms with Crippen molar-refractivity contribution in [1.82, 2.24) is 40.4 Å². The van der Waals surface area contributed by atoms with Gasteiger partial charge in [-0.05, 0) is 103 Å². The van der Waals surface area contributed by atoms with Crippen LogP contribution in [0, 0.1) is 25.5 Å². The number of nitrogens with zero attached hydrogens (tertiary/aromatic N) is 7. The first-order valence-corrected chi connectivity index (χ1v) is 19.4. The van der Waals surface area contributed by atoms with Gasteiger partial charge in [0.05, 0.1) is 37.0 Å². The van der Waals surface area contributed by atoms with Gasteiger partial charge in [0.1, 0.15) is 76.7 Å². The summed E-state index contributed by atoms with van der Waals surface area (Å²) in [6, 6.07) is 18.9. The summed E-state index contributed by atoms with van der Waals surface area (Å²) >= 11 is 3.36. The number of methoxy groups -OCH3 is 2. The number of H-pyrrole nitrogens is 1. The van der Waals surface area contributed by atoms with Crippen LogP contribution in [-0.4, -0.2) is 68.6 Å². The van der Waals surface area contributed by atoms with E-state index in [1.807, 2.05) is 42.8 Å². The maximum absolute atomic E-state index is 13.5. The second-order valence-corrected chi connectivity index (χ2v) is 14.4. The van der Waals surface area contributed by atoms with Crippen molar-refractivity contribution in [3.63, 3.8) is 0 Å². The van der Waals surface area contributed by atoms with Gasteiger partial charge < -0.3 is 27.9 Å². The normalized spacial score (nSPS) is 15.7. The number of amidine groups is 2. The molecule has 10 rings (SSSR count). The van der Waals surface area contributed by atoms with Gasteiger partial charge in [-0.3, -0.25) is 19.7 Å². The van der Waals surface area contributed by atoms with Crippen LogP contribution < -0.4 is 20.4 Å². The van der Waals surface area contributed by atoms with E-state index in [1.165, 1.54) is 24.3 Å². The number of aromatic amines is 1. The molecule has 19 heteroatoms. The molecule has 2 aliphatic rings. The summed E-state index contributed by atoms with van der Waals surface area (Å²) in [6.07, 6.45) is 7.03. The van der Waals surface area contributed by atoms with E-state index in [4.69, 9.17) is 28.0 Å². The van der Waals surface area contributed by atoms with Crippen LogP contribution in [0.25, 0.3) is 27.6 Å². The molecule has 6 aromatic heterocycles. The fourth-order valence-electron chi connectivity index (χ4n) is 6.23. The molecule has 0 amide bonds. The van der Waals surface area contributed by atoms with Gasteiger partial charge in [0.2, 0.25) is 11.8 Å². The first-order chi connectivity index (χ1) is 29.6. The van der Waals surface area contributed by atoms with Crippen LogP contribution in [-0.2, 0) is 9.68 Å². The molecule has 3 N–H and O–H groups in total. The highest BCUT2D eigenvalue weighted by Crippen LogP contribution is 2.31. The third kappa shape index (κ3) is 9.80. The lowest BCUT2D eigenvalue weighted by atomic mass is 10.2. The van der Waals surface area contributed by atoms with E-state index in [9.17, 15) is 8.78 Å². The summed E-state index contributed by atoms with van der Waals surface area (Å²) in [5.41, 5.74) is 10.7. The molecular weight excluding hydrogens is 870 g/mol. The molecule has 320 valence electrons. The summed E-state index contributed by atoms with van der Waals surface area (Å²) < 4.78 is 51.7. The molecule has 8 heterocycles. The second kappa shape index (κ2) is 19.2. The number of hydrogen-bond donors (Lipinski definition) is 3. The Morgan fingerprint density at radius 3 is 1.79 bits per heavy atom. The minimum Gasteiger partial charge on any atom is -0.480 e. The Kier molecular flexibility index (Phi) is 13.3. The van der Waals surface area contributed by atoms with E-state index in [2.05, 4.69) is 61.8 Å². The van der Waals surface area contributed by atoms with Gasteiger partial charge in [0.25, 0.3) is 0 Å². The third-order valence-electron chi connectivity index (χ3n) is 9.19. The Labute approximate surface area is 362 Å². The highest BCUT2D eigenvalue weighted by Gasteiger charge is 2.25. The molecule has 0 saturated carbocycles. The van der Waals surface area contributed by atoms with Crippen molar-refractivity contribution in [2.75, 3.05) is 27.4 Å². The lowest BCUT2D eigenvalue weighted by Gasteiger charge is -2.20. The Balaban J connectivity index is 0.000000164. The Hall–Kier alpha value is -6.96. The number of rotatable bonds is 7. The number of pyridine rings is 2. The summed E-state index contributed by atoms with van der Waals surface area (Å²) in [7, 11) is 3.10. The first kappa shape index (κ1) is 43.1. The van der Waals surface area contributed by atoms with Gasteiger partial charge >= 0.3 is 0 Å². The quantitative estimate of drug-likeness (QED) is 0.139. The molecule has 16 nitrogen and oxygen atoms in total. The van der Waals surface area contributed by atoms with E-state index in [0.717, 1.165) is 21.5 Å². The van der Waals surface area contributed by atoms with Crippen LogP contribution in [0.2, 0.25) is 0 Å². The molecular formula is C43H41BrF2N10O6. The molecule has 2 atom stereocenters. The molecule has 0 saturated heterocycles. The number of fused-ring (bicyclic) bond motifs is 2. The van der Waals surface area contributed by atoms with Crippen LogP contribution in [0.4, 0.5) is 8.78 Å². The van der Waals surface area contributed by atoms with Crippen molar-refractivity contribution < 1.29 is 36.8 Å². The van der Waals surface area contributed by atoms with Crippen LogP contribution in [0.15, 0.2) is 121 Å². The maximum Gasteiger partial charge on any atom is 0.238 e. The van der Waals surface area contributed by atoms with E-state index >= 15 is 0 Å². The number of furan rings is 2. The van der Waals surface area contributed by atoms with Crippen LogP contribution in [0.5, 0.6) is 11.8 Å². The van der Waals surface area contributed by atoms with Crippen molar-refractivity contribution in [3.8, 4) is 17.4 Å². The molecule has 62 heavy (non-hydrogen) atoms. The number of hydroxylamine groups is 2. The standard InChI is InChI=1S/C21H18FN5O3.C17H13BrFN3O3.C4H6N2.CH4/c1-12-9-27(11-23-12)17-5-4-15(25-21(17)28-2)20-24-16(10-29-26-20)19-8-13-7-14(22)3-6-18(13)30-19;1-23-17-11(18)3-4-12(21-17)16-20-13(8-24-22-16)15-7-9-6-10(19)2-5-14(9)25-15;1-4-2-5-3-6-4;/h3-9,11,16H,10H2,1-2H3,(H,24,26);2-7,13H,8H2,1H3,(H,20,22);2-3H,1H3,(H,5,6);1H4. The van der Waals surface area contributed by atoms with Crippen molar-refractivity contribution in [2.24, 2.45) is 9.98 Å². The van der Waals surface area contributed by atoms with Gasteiger partial charge in [-0.25, -0.2) is 39.7 Å². The number of halogens is 3. The second-order valence-electron chi connectivity index (χ2n) is 13.5. The van der Waals surface area contributed by atoms with E-state index in [1.54, 1.807) is 63.4 Å². The third-order valence-corrected chi connectivity index (χ3v) is 9.80. The molecule has 0 spiro atoms. The monoisotopic (exact) mass is 910 g/mol. The van der Waals surface area contributed by atoms with Crippen molar-refractivity contribution in [3.05, 3.63) is 148 Å². The van der Waals surface area contributed by atoms with Crippen LogP contribution in [0.1, 0.15) is 53.8 Å². The van der Waals surface area contributed by atoms with Gasteiger partial charge in [0.15, 0.2) is 11.7 Å². The number of aryl methyl sites for hydroxylation is 2. The van der Waals surface area contributed by atoms with E-state index in [-0.39, 0.29) is 37.8 Å². The van der Waals surface area contributed by atoms with Gasteiger partial charge in [0, 0.05) is 28.9 Å². The van der Waals surface area contributed by atoms with Crippen LogP contribution in [0.3, 0.4) is 0 Å². The molecule has 2 aliphatic heterocycles. The highest BCUT2D eigenvalue weighted by molar-refractivity contribution is 9.10. The number of imidazole rings is 2. The predicted molar refractivity (Wildman–Crippen MR) is 230 cm³/mol. The molecule has 0 radical (unpaired) electrons. The zero-order valence-corrected chi connectivity index (χ0v) is 34.6. The minimum absolute atomic E-state index is 0. The highest BCUT2D eigenvalue weighted by atomic mass is 79.9. The molecule has 0 aliphatic carbocycles. The number of hydrogen-bond acceptors (Lipinski definition) is 14. The zero-order valence-electron chi connectivity index (χ0n) is 33.0. The Morgan fingerprint density at radius 1 is 0.742 bits per heavy atom. The average molecular weight is 912 g/mol. The molecule has 2 aromatic carbocycles. The summed E-state index contributed by atoms with van der Waals surface area (Å²) in [4.78, 5) is 40.0. The summed E-state index contributed by atoms with van der Waals surface area (Å²) in [5, 5.41) is 1.37. The Bertz CT molecular complexity index is 2860. The van der Waals surface area contributed by atoms with Crippen LogP contribution >= 0.6 is 15.9 Å². The van der Waals surface area contributed by atoms with Crippen molar-refractivity contribution in [2.45, 2.75) is 33.4 Å². The largest absolute Gasteiger partial charge is 0.480 e. The fourth-order valence-corrected chi connectivity index (χ4v) is 6.61. The lowest BCUT2D eigenvalue weighted by molar-refractivity contribution is 0.0580. The van der Waals surface area contributed by atoms with Gasteiger partial charge in [-0.15, -0.1) is 0 Å². The molecule has 0 fully saturated rings. The fraction of sp³-hybridized carbons (Fsp3) is 0.209. The van der Waals surface area contributed by atoms with Crippen molar-refractivity contribution in [1.29, 1.82) is 0 Å². The van der Waals surface area contributed by atoms with Gasteiger partial charge in [-0.1, -0.05) is 7.43 Å². The van der Waals surface area contributed by atoms with E-state index < -0.39 is 0 Å². The number of nitrogens with one attached hydrogen (secondary N) is 3. The number of benzene rings is 2. The SMILES string of the molecule is C.COc1nc(C2=NC(c3cc4cc(F)ccc4o3)CON2)ccc1-n1cnc(C)c1.COc1nc(C2=NC(c3cc4cc(F)ccc4o3)CON2)ccc1Br.Cc1cnc[nH]1. The predicted octanol–water partition coefficient (Wildman–Crippen LogP) is 8.61. The molecule has 8 aromatic rings. The maximum atomic E-state index is 13.5. The number of ether oxygens (including phenoxy) is 2. The zero-order chi connectivity index (χ0) is 42.5. The van der Waals surface area contributed by atoms with E-state index in [0.29, 0.717) is 74.9 Å². The summed E-state index contributed by atoms with van der Waals surface area (Å²) in [5.74, 6) is 2.36. The number of aromatic nitrogens is 6. The number of aliphatic imine (C=N–C) groups is 2. The average Bonchev–Trinajstić information content (AvgIpc) is 4.12. The topological polar surface area (TPSA) is 184 Å². The minimum atomic E-state index is -0.388. The van der Waals surface area contributed by atoms with Gasteiger partial charge in [-0.2, -0.15) is 0 Å². The summed E-state index contributed by atoms with van der Waals surface area (Å²) in [6.45, 7) is 4.44. The molecule has 0 bridgehead atoms. The lowest BCUT2D eigenvalue weighted by Crippen LogP contribution is -2.33. The first-order valence-electron chi connectivity index (χ1n) is 18.7. The molecule has 2 unspecified atom stereocenters. The smallest absolute Gasteiger partial charge is 0.238 e. The van der Waals surface area contributed by atoms with Crippen molar-refractivity contribution >= 4 is 49.5 Å².